The zero-order valence-electron chi connectivity index (χ0n) is 11.8. The van der Waals surface area contributed by atoms with Crippen LogP contribution in [0.1, 0.15) is 52.4 Å². The van der Waals surface area contributed by atoms with E-state index in [1.54, 1.807) is 0 Å². The third kappa shape index (κ3) is 7.89. The molecule has 0 aromatic rings. The standard InChI is InChI=1S/C14H30N2/c1-6-8-9-10-12-16(15(4)5)13-11-14(3)7-2/h3,6-13H2,1-2,4-5H3. The molecule has 0 spiro atoms. The molecule has 0 rings (SSSR count). The maximum absolute atomic E-state index is 4.07. The Bertz CT molecular complexity index is 176. The lowest BCUT2D eigenvalue weighted by molar-refractivity contribution is 0.0244. The third-order valence-electron chi connectivity index (χ3n) is 3.06. The minimum absolute atomic E-state index is 1.11. The molecule has 0 saturated heterocycles. The Morgan fingerprint density at radius 3 is 2.19 bits per heavy atom. The van der Waals surface area contributed by atoms with Crippen LogP contribution >= 0.6 is 0 Å². The van der Waals surface area contributed by atoms with Gasteiger partial charge in [0, 0.05) is 27.2 Å². The van der Waals surface area contributed by atoms with Gasteiger partial charge in [-0.1, -0.05) is 45.3 Å². The van der Waals surface area contributed by atoms with Crippen molar-refractivity contribution in [3.8, 4) is 0 Å². The SMILES string of the molecule is C=C(CC)CCN(CCCCCC)N(C)C. The van der Waals surface area contributed by atoms with Crippen LogP contribution in [0.2, 0.25) is 0 Å². The Labute approximate surface area is 102 Å². The number of nitrogens with zero attached hydrogens (tertiary/aromatic N) is 2. The van der Waals surface area contributed by atoms with Gasteiger partial charge >= 0.3 is 0 Å². The van der Waals surface area contributed by atoms with E-state index in [2.05, 4.69) is 44.5 Å². The molecule has 0 radical (unpaired) electrons. The number of unbranched alkanes of at least 4 members (excludes halogenated alkanes) is 3. The average Bonchev–Trinajstić information content (AvgIpc) is 2.27. The van der Waals surface area contributed by atoms with Crippen LogP contribution in [0.15, 0.2) is 12.2 Å². The zero-order valence-corrected chi connectivity index (χ0v) is 11.8. The van der Waals surface area contributed by atoms with E-state index in [1.165, 1.54) is 37.8 Å². The topological polar surface area (TPSA) is 6.48 Å². The van der Waals surface area contributed by atoms with Gasteiger partial charge < -0.3 is 0 Å². The van der Waals surface area contributed by atoms with Crippen LogP contribution in [-0.4, -0.2) is 37.2 Å². The van der Waals surface area contributed by atoms with Crippen LogP contribution in [0.3, 0.4) is 0 Å². The molecular formula is C14H30N2. The molecule has 0 aromatic carbocycles. The van der Waals surface area contributed by atoms with Crippen LogP contribution < -0.4 is 0 Å². The van der Waals surface area contributed by atoms with Crippen molar-refractivity contribution in [3.05, 3.63) is 12.2 Å². The van der Waals surface area contributed by atoms with E-state index in [1.807, 2.05) is 0 Å². The van der Waals surface area contributed by atoms with E-state index in [0.717, 1.165) is 19.4 Å². The maximum Gasteiger partial charge on any atom is 0.0170 e. The summed E-state index contributed by atoms with van der Waals surface area (Å²) in [6, 6.07) is 0. The van der Waals surface area contributed by atoms with E-state index < -0.39 is 0 Å². The molecule has 0 amide bonds. The molecule has 0 aliphatic heterocycles. The predicted molar refractivity (Wildman–Crippen MR) is 73.5 cm³/mol. The molecule has 0 N–H and O–H groups in total. The van der Waals surface area contributed by atoms with Crippen molar-refractivity contribution < 1.29 is 0 Å². The highest BCUT2D eigenvalue weighted by atomic mass is 15.6. The van der Waals surface area contributed by atoms with Gasteiger partial charge in [0.15, 0.2) is 0 Å². The lowest BCUT2D eigenvalue weighted by Gasteiger charge is -2.29. The molecule has 0 aromatic heterocycles. The number of hydrogen-bond acceptors (Lipinski definition) is 2. The quantitative estimate of drug-likeness (QED) is 0.318. The molecular weight excluding hydrogens is 196 g/mol. The molecule has 2 nitrogen and oxygen atoms in total. The predicted octanol–water partition coefficient (Wildman–Crippen LogP) is 3.70. The summed E-state index contributed by atoms with van der Waals surface area (Å²) in [7, 11) is 4.27. The first-order valence-electron chi connectivity index (χ1n) is 6.70. The summed E-state index contributed by atoms with van der Waals surface area (Å²) >= 11 is 0. The highest BCUT2D eigenvalue weighted by Gasteiger charge is 2.06. The van der Waals surface area contributed by atoms with Gasteiger partial charge in [-0.15, -0.1) is 0 Å². The number of hydrazine groups is 1. The monoisotopic (exact) mass is 226 g/mol. The third-order valence-corrected chi connectivity index (χ3v) is 3.06. The summed E-state index contributed by atoms with van der Waals surface area (Å²) in [6.45, 7) is 10.8. The Kier molecular flexibility index (Phi) is 9.65. The van der Waals surface area contributed by atoms with Crippen molar-refractivity contribution in [2.24, 2.45) is 0 Å². The molecule has 0 aliphatic carbocycles. The van der Waals surface area contributed by atoms with Gasteiger partial charge in [0.25, 0.3) is 0 Å². The molecule has 0 aliphatic rings. The Hall–Kier alpha value is -0.340. The minimum Gasteiger partial charge on any atom is -0.248 e. The molecule has 16 heavy (non-hydrogen) atoms. The largest absolute Gasteiger partial charge is 0.248 e. The van der Waals surface area contributed by atoms with E-state index in [-0.39, 0.29) is 0 Å². The van der Waals surface area contributed by atoms with Crippen molar-refractivity contribution in [2.45, 2.75) is 52.4 Å². The molecule has 0 unspecified atom stereocenters. The van der Waals surface area contributed by atoms with Gasteiger partial charge in [-0.05, 0) is 19.3 Å². The molecule has 2 heteroatoms. The zero-order chi connectivity index (χ0) is 12.4. The van der Waals surface area contributed by atoms with E-state index >= 15 is 0 Å². The molecule has 0 fully saturated rings. The second-order valence-electron chi connectivity index (χ2n) is 4.72. The van der Waals surface area contributed by atoms with E-state index in [9.17, 15) is 0 Å². The number of hydrogen-bond donors (Lipinski definition) is 0. The first-order valence-corrected chi connectivity index (χ1v) is 6.70. The Morgan fingerprint density at radius 2 is 1.69 bits per heavy atom. The fraction of sp³-hybridized carbons (Fsp3) is 0.857. The van der Waals surface area contributed by atoms with Crippen LogP contribution in [0, 0.1) is 0 Å². The molecule has 0 saturated carbocycles. The van der Waals surface area contributed by atoms with Crippen molar-refractivity contribution in [1.82, 2.24) is 10.0 Å². The van der Waals surface area contributed by atoms with Crippen molar-refractivity contribution >= 4 is 0 Å². The Morgan fingerprint density at radius 1 is 1.00 bits per heavy atom. The van der Waals surface area contributed by atoms with Gasteiger partial charge in [0.05, 0.1) is 0 Å². The van der Waals surface area contributed by atoms with Gasteiger partial charge in [0.1, 0.15) is 0 Å². The van der Waals surface area contributed by atoms with Crippen LogP contribution in [-0.2, 0) is 0 Å². The lowest BCUT2D eigenvalue weighted by Crippen LogP contribution is -2.38. The number of rotatable bonds is 10. The van der Waals surface area contributed by atoms with Crippen LogP contribution in [0.5, 0.6) is 0 Å². The van der Waals surface area contributed by atoms with Gasteiger partial charge in [-0.2, -0.15) is 0 Å². The maximum atomic E-state index is 4.07. The van der Waals surface area contributed by atoms with Gasteiger partial charge in [0.2, 0.25) is 0 Å². The van der Waals surface area contributed by atoms with Crippen molar-refractivity contribution in [2.75, 3.05) is 27.2 Å². The summed E-state index contributed by atoms with van der Waals surface area (Å²) in [6.07, 6.45) is 7.58. The average molecular weight is 226 g/mol. The second-order valence-corrected chi connectivity index (χ2v) is 4.72. The van der Waals surface area contributed by atoms with Gasteiger partial charge in [-0.3, -0.25) is 0 Å². The second kappa shape index (κ2) is 9.86. The van der Waals surface area contributed by atoms with Gasteiger partial charge in [-0.25, -0.2) is 10.0 Å². The summed E-state index contributed by atoms with van der Waals surface area (Å²) in [5.74, 6) is 0. The first-order chi connectivity index (χ1) is 7.61. The van der Waals surface area contributed by atoms with E-state index in [4.69, 9.17) is 0 Å². The molecule has 0 bridgehead atoms. The summed E-state index contributed by atoms with van der Waals surface area (Å²) < 4.78 is 0. The fourth-order valence-corrected chi connectivity index (χ4v) is 1.70. The summed E-state index contributed by atoms with van der Waals surface area (Å²) in [4.78, 5) is 0. The molecule has 96 valence electrons. The minimum atomic E-state index is 1.11. The summed E-state index contributed by atoms with van der Waals surface area (Å²) in [5.41, 5.74) is 1.36. The first kappa shape index (κ1) is 15.7. The molecule has 0 atom stereocenters. The highest BCUT2D eigenvalue weighted by Crippen LogP contribution is 2.07. The van der Waals surface area contributed by atoms with E-state index in [0.29, 0.717) is 0 Å². The fourth-order valence-electron chi connectivity index (χ4n) is 1.70. The Balaban J connectivity index is 3.75. The smallest absolute Gasteiger partial charge is 0.0170 e. The highest BCUT2D eigenvalue weighted by molar-refractivity contribution is 4.92. The lowest BCUT2D eigenvalue weighted by atomic mass is 10.1. The summed E-state index contributed by atoms with van der Waals surface area (Å²) in [5, 5.41) is 4.64. The normalized spacial score (nSPS) is 11.4. The van der Waals surface area contributed by atoms with Crippen LogP contribution in [0.4, 0.5) is 0 Å². The molecule has 0 heterocycles. The van der Waals surface area contributed by atoms with Crippen molar-refractivity contribution in [3.63, 3.8) is 0 Å². The van der Waals surface area contributed by atoms with Crippen molar-refractivity contribution in [1.29, 1.82) is 0 Å². The van der Waals surface area contributed by atoms with Crippen LogP contribution in [0.25, 0.3) is 0 Å².